The summed E-state index contributed by atoms with van der Waals surface area (Å²) in [5.41, 5.74) is 3.41. The summed E-state index contributed by atoms with van der Waals surface area (Å²) in [6, 6.07) is 14.3. The van der Waals surface area contributed by atoms with E-state index in [0.717, 1.165) is 16.0 Å². The van der Waals surface area contributed by atoms with Crippen molar-refractivity contribution in [3.63, 3.8) is 0 Å². The number of carbonyl (C=O) groups excluding carboxylic acids is 2. The maximum Gasteiger partial charge on any atom is 0.259 e. The second kappa shape index (κ2) is 9.38. The number of aromatic amines is 1. The van der Waals surface area contributed by atoms with Gasteiger partial charge in [-0.2, -0.15) is 0 Å². The Morgan fingerprint density at radius 1 is 1.03 bits per heavy atom. The molecule has 3 N–H and O–H groups in total. The summed E-state index contributed by atoms with van der Waals surface area (Å²) in [5, 5.41) is 6.36. The van der Waals surface area contributed by atoms with E-state index in [2.05, 4.69) is 20.6 Å². The Kier molecular flexibility index (Phi) is 6.37. The van der Waals surface area contributed by atoms with Crippen LogP contribution in [-0.4, -0.2) is 21.8 Å². The molecule has 2 amide bonds. The van der Waals surface area contributed by atoms with Gasteiger partial charge in [0.25, 0.3) is 11.5 Å². The first-order valence-corrected chi connectivity index (χ1v) is 11.4. The van der Waals surface area contributed by atoms with Gasteiger partial charge in [0.1, 0.15) is 10.7 Å². The van der Waals surface area contributed by atoms with Gasteiger partial charge >= 0.3 is 0 Å². The maximum atomic E-state index is 12.6. The molecule has 7 nitrogen and oxygen atoms in total. The molecule has 33 heavy (non-hydrogen) atoms. The number of amides is 2. The molecule has 0 aliphatic carbocycles. The molecule has 0 bridgehead atoms. The molecule has 0 aliphatic heterocycles. The van der Waals surface area contributed by atoms with E-state index in [4.69, 9.17) is 0 Å². The maximum absolute atomic E-state index is 12.6. The second-order valence-corrected chi connectivity index (χ2v) is 9.08. The van der Waals surface area contributed by atoms with Gasteiger partial charge in [-0.05, 0) is 56.2 Å². The number of hydrogen-bond acceptors (Lipinski definition) is 5. The average molecular weight is 461 g/mol. The average Bonchev–Trinajstić information content (AvgIpc) is 3.09. The van der Waals surface area contributed by atoms with Gasteiger partial charge in [0, 0.05) is 34.7 Å². The molecule has 0 saturated heterocycles. The summed E-state index contributed by atoms with van der Waals surface area (Å²) < 4.78 is 0. The molecule has 168 valence electrons. The van der Waals surface area contributed by atoms with Crippen molar-refractivity contribution >= 4 is 44.7 Å². The number of anilines is 2. The highest BCUT2D eigenvalue weighted by Crippen LogP contribution is 2.26. The SMILES string of the molecule is Cc1ccc(NC(=O)c2ccccc2)cc1NC(=O)CCc1nc2sc(C)c(C)c2c(=O)[nH]1. The smallest absolute Gasteiger partial charge is 0.259 e. The Morgan fingerprint density at radius 2 is 1.79 bits per heavy atom. The molecular formula is C25H24N4O3S. The lowest BCUT2D eigenvalue weighted by Gasteiger charge is -2.12. The number of carbonyl (C=O) groups is 2. The van der Waals surface area contributed by atoms with E-state index in [1.54, 1.807) is 36.4 Å². The Morgan fingerprint density at radius 3 is 2.55 bits per heavy atom. The summed E-state index contributed by atoms with van der Waals surface area (Å²) in [7, 11) is 0. The van der Waals surface area contributed by atoms with Crippen molar-refractivity contribution in [1.29, 1.82) is 0 Å². The summed E-state index contributed by atoms with van der Waals surface area (Å²) in [5.74, 6) is 0.0663. The van der Waals surface area contributed by atoms with Crippen LogP contribution in [0.15, 0.2) is 53.3 Å². The first kappa shape index (κ1) is 22.4. The fraction of sp³-hybridized carbons (Fsp3) is 0.200. The van der Waals surface area contributed by atoms with Gasteiger partial charge in [0.15, 0.2) is 0 Å². The molecule has 2 aromatic heterocycles. The number of aromatic nitrogens is 2. The normalized spacial score (nSPS) is 10.9. The Labute approximate surface area is 194 Å². The molecule has 4 rings (SSSR count). The molecule has 2 heterocycles. The van der Waals surface area contributed by atoms with E-state index in [-0.39, 0.29) is 23.8 Å². The van der Waals surface area contributed by atoms with E-state index >= 15 is 0 Å². The third kappa shape index (κ3) is 5.01. The van der Waals surface area contributed by atoms with Gasteiger partial charge in [-0.1, -0.05) is 24.3 Å². The standard InChI is InChI=1S/C25H24N4O3S/c1-14-9-10-18(26-23(31)17-7-5-4-6-8-17)13-19(14)27-21(30)12-11-20-28-24(32)22-15(2)16(3)33-25(22)29-20/h4-10,13H,11-12H2,1-3H3,(H,26,31)(H,27,30)(H,28,29,32). The van der Waals surface area contributed by atoms with Crippen molar-refractivity contribution in [1.82, 2.24) is 9.97 Å². The molecular weight excluding hydrogens is 436 g/mol. The van der Waals surface area contributed by atoms with Crippen LogP contribution < -0.4 is 16.2 Å². The molecule has 0 radical (unpaired) electrons. The van der Waals surface area contributed by atoms with E-state index < -0.39 is 0 Å². The van der Waals surface area contributed by atoms with Gasteiger partial charge < -0.3 is 15.6 Å². The highest BCUT2D eigenvalue weighted by atomic mass is 32.1. The minimum atomic E-state index is -0.221. The van der Waals surface area contributed by atoms with Crippen LogP contribution in [0.2, 0.25) is 0 Å². The number of thiophene rings is 1. The third-order valence-corrected chi connectivity index (χ3v) is 6.58. The Balaban J connectivity index is 1.42. The van der Waals surface area contributed by atoms with E-state index in [9.17, 15) is 14.4 Å². The van der Waals surface area contributed by atoms with Crippen LogP contribution >= 0.6 is 11.3 Å². The lowest BCUT2D eigenvalue weighted by atomic mass is 10.1. The zero-order valence-electron chi connectivity index (χ0n) is 18.6. The summed E-state index contributed by atoms with van der Waals surface area (Å²) >= 11 is 1.48. The lowest BCUT2D eigenvalue weighted by molar-refractivity contribution is -0.116. The van der Waals surface area contributed by atoms with Crippen LogP contribution in [0, 0.1) is 20.8 Å². The summed E-state index contributed by atoms with van der Waals surface area (Å²) in [4.78, 5) is 46.5. The molecule has 0 aliphatic rings. The predicted molar refractivity (Wildman–Crippen MR) is 132 cm³/mol. The lowest BCUT2D eigenvalue weighted by Crippen LogP contribution is -2.17. The van der Waals surface area contributed by atoms with Crippen LogP contribution in [0.25, 0.3) is 10.2 Å². The number of benzene rings is 2. The first-order valence-electron chi connectivity index (χ1n) is 10.6. The van der Waals surface area contributed by atoms with Crippen LogP contribution in [0.4, 0.5) is 11.4 Å². The second-order valence-electron chi connectivity index (χ2n) is 7.87. The van der Waals surface area contributed by atoms with Gasteiger partial charge in [-0.25, -0.2) is 4.98 Å². The van der Waals surface area contributed by atoms with Crippen molar-refractivity contribution in [3.8, 4) is 0 Å². The van der Waals surface area contributed by atoms with Crippen molar-refractivity contribution in [3.05, 3.63) is 86.3 Å². The quantitative estimate of drug-likeness (QED) is 0.387. The largest absolute Gasteiger partial charge is 0.326 e. The molecule has 8 heteroatoms. The molecule has 0 atom stereocenters. The van der Waals surface area contributed by atoms with Crippen molar-refractivity contribution < 1.29 is 9.59 Å². The fourth-order valence-corrected chi connectivity index (χ4v) is 4.54. The number of aryl methyl sites for hydroxylation is 4. The van der Waals surface area contributed by atoms with Crippen molar-refractivity contribution in [2.45, 2.75) is 33.6 Å². The summed E-state index contributed by atoms with van der Waals surface area (Å²) in [6.45, 7) is 5.76. The topological polar surface area (TPSA) is 104 Å². The zero-order chi connectivity index (χ0) is 23.5. The number of rotatable bonds is 6. The summed E-state index contributed by atoms with van der Waals surface area (Å²) in [6.07, 6.45) is 0.480. The minimum Gasteiger partial charge on any atom is -0.326 e. The number of H-pyrrole nitrogens is 1. The number of nitrogens with one attached hydrogen (secondary N) is 3. The van der Waals surface area contributed by atoms with E-state index in [0.29, 0.717) is 39.4 Å². The minimum absolute atomic E-state index is 0.165. The molecule has 0 spiro atoms. The highest BCUT2D eigenvalue weighted by Gasteiger charge is 2.13. The van der Waals surface area contributed by atoms with E-state index in [1.165, 1.54) is 11.3 Å². The first-order chi connectivity index (χ1) is 15.8. The molecule has 0 saturated carbocycles. The van der Waals surface area contributed by atoms with E-state index in [1.807, 2.05) is 32.9 Å². The molecule has 0 unspecified atom stereocenters. The number of nitrogens with zero attached hydrogens (tertiary/aromatic N) is 1. The van der Waals surface area contributed by atoms with Gasteiger partial charge in [-0.15, -0.1) is 11.3 Å². The highest BCUT2D eigenvalue weighted by molar-refractivity contribution is 7.18. The van der Waals surface area contributed by atoms with Crippen LogP contribution in [-0.2, 0) is 11.2 Å². The van der Waals surface area contributed by atoms with Crippen LogP contribution in [0.5, 0.6) is 0 Å². The van der Waals surface area contributed by atoms with Gasteiger partial charge in [0.05, 0.1) is 5.39 Å². The predicted octanol–water partition coefficient (Wildman–Crippen LogP) is 4.73. The molecule has 0 fully saturated rings. The van der Waals surface area contributed by atoms with Crippen LogP contribution in [0.1, 0.15) is 38.6 Å². The van der Waals surface area contributed by atoms with Gasteiger partial charge in [0.2, 0.25) is 5.91 Å². The third-order valence-electron chi connectivity index (χ3n) is 5.48. The monoisotopic (exact) mass is 460 g/mol. The van der Waals surface area contributed by atoms with Crippen LogP contribution in [0.3, 0.4) is 0 Å². The van der Waals surface area contributed by atoms with Crippen molar-refractivity contribution in [2.24, 2.45) is 0 Å². The molecule has 4 aromatic rings. The Bertz CT molecular complexity index is 1410. The number of hydrogen-bond donors (Lipinski definition) is 3. The van der Waals surface area contributed by atoms with Gasteiger partial charge in [-0.3, -0.25) is 14.4 Å². The fourth-order valence-electron chi connectivity index (χ4n) is 3.49. The molecule has 2 aromatic carbocycles. The van der Waals surface area contributed by atoms with Crippen molar-refractivity contribution in [2.75, 3.05) is 10.6 Å². The Hall–Kier alpha value is -3.78. The number of fused-ring (bicyclic) bond motifs is 1. The zero-order valence-corrected chi connectivity index (χ0v) is 19.4.